The quantitative estimate of drug-likeness (QED) is 0.185. The van der Waals surface area contributed by atoms with E-state index >= 15 is 0 Å². The molecule has 1 saturated heterocycles. The largest absolute Gasteiger partial charge is 0.481 e. The molecular weight excluding hydrogens is 426 g/mol. The molecule has 6 unspecified atom stereocenters. The third-order valence-electron chi connectivity index (χ3n) is 6.31. The summed E-state index contributed by atoms with van der Waals surface area (Å²) in [5, 5.41) is 47.2. The number of nitrogens with two attached hydrogens (primary N) is 1. The molecule has 1 aliphatic heterocycles. The van der Waals surface area contributed by atoms with Gasteiger partial charge in [0.05, 0.1) is 17.7 Å². The van der Waals surface area contributed by atoms with Crippen LogP contribution in [-0.4, -0.2) is 67.7 Å². The second kappa shape index (κ2) is 18.5. The Morgan fingerprint density at radius 1 is 0.848 bits per heavy atom. The molecule has 8 heteroatoms. The van der Waals surface area contributed by atoms with E-state index in [4.69, 9.17) is 15.6 Å². The Balaban J connectivity index is 0.000000728. The minimum atomic E-state index is -1.19. The van der Waals surface area contributed by atoms with Crippen molar-refractivity contribution in [3.05, 3.63) is 0 Å². The van der Waals surface area contributed by atoms with Crippen LogP contribution in [0, 0.1) is 0 Å². The zero-order valence-electron chi connectivity index (χ0n) is 21.1. The standard InChI is InChI=1S/C16H33NO4.C9H18O3/c1-2-3-4-5-6-7-8-9-10-11-12-14(18)15(19)13(17)16(20)21-12;1-3-4-6-9(2,12)7-5-8(10)11/h12-16,18-20H,2-11,17H2,1H3;12H,3-7H2,1-2H3,(H,10,11). The average molecular weight is 478 g/mol. The monoisotopic (exact) mass is 477 g/mol. The van der Waals surface area contributed by atoms with Gasteiger partial charge in [-0.05, 0) is 26.2 Å². The van der Waals surface area contributed by atoms with Crippen molar-refractivity contribution >= 4 is 5.97 Å². The number of aliphatic hydroxyl groups is 4. The molecule has 33 heavy (non-hydrogen) atoms. The molecule has 1 aliphatic rings. The number of hydrogen-bond donors (Lipinski definition) is 6. The van der Waals surface area contributed by atoms with Crippen molar-refractivity contribution in [2.45, 2.75) is 153 Å². The van der Waals surface area contributed by atoms with Gasteiger partial charge in [0.2, 0.25) is 0 Å². The minimum absolute atomic E-state index is 0.0523. The average Bonchev–Trinajstić information content (AvgIpc) is 2.77. The lowest BCUT2D eigenvalue weighted by molar-refractivity contribution is -0.243. The first-order chi connectivity index (χ1) is 15.6. The highest BCUT2D eigenvalue weighted by atomic mass is 16.6. The summed E-state index contributed by atoms with van der Waals surface area (Å²) in [6.45, 7) is 5.97. The molecule has 0 aromatic rings. The molecule has 0 aromatic heterocycles. The van der Waals surface area contributed by atoms with Crippen molar-refractivity contribution in [3.8, 4) is 0 Å². The molecule has 0 aliphatic carbocycles. The maximum atomic E-state index is 10.2. The normalized spacial score (nSPS) is 26.8. The topological polar surface area (TPSA) is 153 Å². The molecule has 1 heterocycles. The predicted octanol–water partition coefficient (Wildman–Crippen LogP) is 3.47. The third-order valence-corrected chi connectivity index (χ3v) is 6.31. The third kappa shape index (κ3) is 15.7. The number of hydrogen-bond acceptors (Lipinski definition) is 7. The summed E-state index contributed by atoms with van der Waals surface area (Å²) in [6.07, 6.45) is 11.0. The van der Waals surface area contributed by atoms with Gasteiger partial charge in [-0.3, -0.25) is 4.79 Å². The number of rotatable bonds is 16. The van der Waals surface area contributed by atoms with Crippen LogP contribution in [-0.2, 0) is 9.53 Å². The van der Waals surface area contributed by atoms with Gasteiger partial charge in [-0.15, -0.1) is 0 Å². The highest BCUT2D eigenvalue weighted by molar-refractivity contribution is 5.66. The number of ether oxygens (including phenoxy) is 1. The molecule has 198 valence electrons. The lowest BCUT2D eigenvalue weighted by Gasteiger charge is -2.39. The minimum Gasteiger partial charge on any atom is -0.481 e. The summed E-state index contributed by atoms with van der Waals surface area (Å²) in [5.74, 6) is -0.841. The molecule has 0 saturated carbocycles. The maximum Gasteiger partial charge on any atom is 0.303 e. The lowest BCUT2D eigenvalue weighted by atomic mass is 9.94. The Hall–Kier alpha value is -0.770. The van der Waals surface area contributed by atoms with Gasteiger partial charge in [-0.1, -0.05) is 84.5 Å². The van der Waals surface area contributed by atoms with Crippen LogP contribution in [0.5, 0.6) is 0 Å². The van der Waals surface area contributed by atoms with E-state index in [0.717, 1.165) is 25.7 Å². The van der Waals surface area contributed by atoms with E-state index in [1.54, 1.807) is 6.92 Å². The number of carbonyl (C=O) groups is 1. The number of carboxylic acids is 1. The molecule has 8 nitrogen and oxygen atoms in total. The fourth-order valence-corrected chi connectivity index (χ4v) is 3.92. The molecule has 1 rings (SSSR count). The van der Waals surface area contributed by atoms with Gasteiger partial charge in [-0.25, -0.2) is 0 Å². The molecule has 7 N–H and O–H groups in total. The SMILES string of the molecule is CCCCC(C)(O)CCC(=O)O.CCCCCCCCCCCC1OC(O)C(N)C(O)C1O. The summed E-state index contributed by atoms with van der Waals surface area (Å²) in [7, 11) is 0. The lowest BCUT2D eigenvalue weighted by Crippen LogP contribution is -2.60. The van der Waals surface area contributed by atoms with E-state index in [1.165, 1.54) is 44.9 Å². The van der Waals surface area contributed by atoms with E-state index in [9.17, 15) is 25.2 Å². The maximum absolute atomic E-state index is 10.2. The summed E-state index contributed by atoms with van der Waals surface area (Å²) >= 11 is 0. The number of aliphatic carboxylic acids is 1. The van der Waals surface area contributed by atoms with Gasteiger partial charge < -0.3 is 36.0 Å². The Bertz CT molecular complexity index is 489. The van der Waals surface area contributed by atoms with Crippen molar-refractivity contribution in [2.24, 2.45) is 5.73 Å². The van der Waals surface area contributed by atoms with Gasteiger partial charge >= 0.3 is 5.97 Å². The highest BCUT2D eigenvalue weighted by Crippen LogP contribution is 2.23. The molecule has 0 spiro atoms. The van der Waals surface area contributed by atoms with Crippen LogP contribution in [0.4, 0.5) is 0 Å². The molecular formula is C25H51NO7. The predicted molar refractivity (Wildman–Crippen MR) is 130 cm³/mol. The Kier molecular flexibility index (Phi) is 18.1. The Labute approximate surface area is 200 Å². The van der Waals surface area contributed by atoms with E-state index < -0.39 is 42.2 Å². The smallest absolute Gasteiger partial charge is 0.303 e. The molecule has 1 fully saturated rings. The summed E-state index contributed by atoms with van der Waals surface area (Å²) in [5.41, 5.74) is 4.74. The zero-order valence-corrected chi connectivity index (χ0v) is 21.1. The summed E-state index contributed by atoms with van der Waals surface area (Å²) < 4.78 is 5.27. The van der Waals surface area contributed by atoms with Crippen molar-refractivity contribution < 1.29 is 35.1 Å². The van der Waals surface area contributed by atoms with Crippen LogP contribution in [0.15, 0.2) is 0 Å². The fourth-order valence-electron chi connectivity index (χ4n) is 3.92. The van der Waals surface area contributed by atoms with E-state index in [2.05, 4.69) is 6.92 Å². The van der Waals surface area contributed by atoms with E-state index in [0.29, 0.717) is 19.3 Å². The van der Waals surface area contributed by atoms with E-state index in [1.807, 2.05) is 6.92 Å². The summed E-state index contributed by atoms with van der Waals surface area (Å²) in [4.78, 5) is 10.2. The van der Waals surface area contributed by atoms with Crippen molar-refractivity contribution in [2.75, 3.05) is 0 Å². The summed E-state index contributed by atoms with van der Waals surface area (Å²) in [6, 6.07) is -0.931. The molecule has 0 radical (unpaired) electrons. The number of carboxylic acid groups (broad SMARTS) is 1. The van der Waals surface area contributed by atoms with Crippen molar-refractivity contribution in [1.82, 2.24) is 0 Å². The second-order valence-electron chi connectivity index (χ2n) is 9.73. The first-order valence-electron chi connectivity index (χ1n) is 12.9. The molecule has 0 bridgehead atoms. The fraction of sp³-hybridized carbons (Fsp3) is 0.960. The molecule has 6 atom stereocenters. The van der Waals surface area contributed by atoms with Crippen LogP contribution in [0.25, 0.3) is 0 Å². The number of unbranched alkanes of at least 4 members (excludes halogenated alkanes) is 9. The second-order valence-corrected chi connectivity index (χ2v) is 9.73. The van der Waals surface area contributed by atoms with Gasteiger partial charge in [0, 0.05) is 6.42 Å². The number of aliphatic hydroxyl groups excluding tert-OH is 3. The first-order valence-corrected chi connectivity index (χ1v) is 12.9. The van der Waals surface area contributed by atoms with Gasteiger partial charge in [0.1, 0.15) is 12.2 Å². The van der Waals surface area contributed by atoms with Crippen molar-refractivity contribution in [3.63, 3.8) is 0 Å². The Morgan fingerprint density at radius 3 is 1.88 bits per heavy atom. The van der Waals surface area contributed by atoms with Crippen LogP contribution in [0.3, 0.4) is 0 Å². The molecule has 0 aromatic carbocycles. The van der Waals surface area contributed by atoms with E-state index in [-0.39, 0.29) is 6.42 Å². The Morgan fingerprint density at radius 2 is 1.36 bits per heavy atom. The van der Waals surface area contributed by atoms with Crippen LogP contribution >= 0.6 is 0 Å². The van der Waals surface area contributed by atoms with Gasteiger partial charge in [0.15, 0.2) is 6.29 Å². The van der Waals surface area contributed by atoms with Gasteiger partial charge in [0.25, 0.3) is 0 Å². The molecule has 0 amide bonds. The van der Waals surface area contributed by atoms with Crippen molar-refractivity contribution in [1.29, 1.82) is 0 Å². The first kappa shape index (κ1) is 32.2. The zero-order chi connectivity index (χ0) is 25.3. The van der Waals surface area contributed by atoms with Crippen LogP contribution < -0.4 is 5.73 Å². The highest BCUT2D eigenvalue weighted by Gasteiger charge is 2.41. The van der Waals surface area contributed by atoms with Crippen LogP contribution in [0.1, 0.15) is 117 Å². The van der Waals surface area contributed by atoms with Gasteiger partial charge in [-0.2, -0.15) is 0 Å². The van der Waals surface area contributed by atoms with Crippen LogP contribution in [0.2, 0.25) is 0 Å².